The second-order valence-corrected chi connectivity index (χ2v) is 5.66. The quantitative estimate of drug-likeness (QED) is 0.769. The number of nitrogens with zero attached hydrogens (tertiary/aromatic N) is 1. The highest BCUT2D eigenvalue weighted by Gasteiger charge is 2.31. The molecular weight excluding hydrogens is 228 g/mol. The molecule has 0 fully saturated rings. The van der Waals surface area contributed by atoms with Crippen molar-refractivity contribution in [2.24, 2.45) is 5.73 Å². The highest BCUT2D eigenvalue weighted by molar-refractivity contribution is 7.09. The first kappa shape index (κ1) is 14.7. The number of nitrogens with two attached hydrogens (primary N) is 1. The molecule has 0 saturated heterocycles. The summed E-state index contributed by atoms with van der Waals surface area (Å²) >= 11 is 1.84. The maximum absolute atomic E-state index is 6.07. The Bertz CT molecular complexity index is 291. The standard InChI is InChI=1S/C14H26N2S/c1-4-9-14(5-2,12-15)16(6-3)11-13-8-7-10-17-13/h7-8,10H,4-6,9,11-12,15H2,1-3H3. The van der Waals surface area contributed by atoms with Gasteiger partial charge in [0.1, 0.15) is 0 Å². The molecule has 1 atom stereocenters. The van der Waals surface area contributed by atoms with Gasteiger partial charge in [-0.3, -0.25) is 4.90 Å². The number of hydrogen-bond donors (Lipinski definition) is 1. The lowest BCUT2D eigenvalue weighted by Gasteiger charge is -2.42. The molecule has 1 rings (SSSR count). The van der Waals surface area contributed by atoms with Crippen LogP contribution in [0, 0.1) is 0 Å². The molecule has 1 aromatic rings. The van der Waals surface area contributed by atoms with E-state index >= 15 is 0 Å². The molecule has 1 heterocycles. The van der Waals surface area contributed by atoms with Gasteiger partial charge >= 0.3 is 0 Å². The van der Waals surface area contributed by atoms with Gasteiger partial charge in [0.25, 0.3) is 0 Å². The van der Waals surface area contributed by atoms with E-state index in [1.54, 1.807) is 0 Å². The summed E-state index contributed by atoms with van der Waals surface area (Å²) in [6.45, 7) is 9.63. The first-order valence-electron chi connectivity index (χ1n) is 6.70. The topological polar surface area (TPSA) is 29.3 Å². The lowest BCUT2D eigenvalue weighted by atomic mass is 9.88. The van der Waals surface area contributed by atoms with E-state index in [4.69, 9.17) is 5.73 Å². The Morgan fingerprint density at radius 1 is 1.35 bits per heavy atom. The average molecular weight is 254 g/mol. The van der Waals surface area contributed by atoms with Gasteiger partial charge in [-0.1, -0.05) is 33.3 Å². The maximum atomic E-state index is 6.07. The van der Waals surface area contributed by atoms with Crippen LogP contribution in [-0.4, -0.2) is 23.5 Å². The molecule has 2 N–H and O–H groups in total. The molecular formula is C14H26N2S. The van der Waals surface area contributed by atoms with Gasteiger partial charge < -0.3 is 5.73 Å². The van der Waals surface area contributed by atoms with E-state index in [0.717, 1.165) is 26.1 Å². The molecule has 0 saturated carbocycles. The summed E-state index contributed by atoms with van der Waals surface area (Å²) in [6, 6.07) is 4.35. The minimum atomic E-state index is 0.188. The summed E-state index contributed by atoms with van der Waals surface area (Å²) in [5.74, 6) is 0. The Morgan fingerprint density at radius 2 is 2.12 bits per heavy atom. The second-order valence-electron chi connectivity index (χ2n) is 4.63. The van der Waals surface area contributed by atoms with Crippen LogP contribution in [-0.2, 0) is 6.54 Å². The van der Waals surface area contributed by atoms with Crippen molar-refractivity contribution < 1.29 is 0 Å². The maximum Gasteiger partial charge on any atom is 0.0333 e. The van der Waals surface area contributed by atoms with Gasteiger partial charge in [0.2, 0.25) is 0 Å². The number of likely N-dealkylation sites (N-methyl/N-ethyl adjacent to an activating group) is 1. The monoisotopic (exact) mass is 254 g/mol. The summed E-state index contributed by atoms with van der Waals surface area (Å²) in [7, 11) is 0. The summed E-state index contributed by atoms with van der Waals surface area (Å²) in [6.07, 6.45) is 3.53. The molecule has 2 nitrogen and oxygen atoms in total. The van der Waals surface area contributed by atoms with E-state index in [-0.39, 0.29) is 5.54 Å². The Kier molecular flexibility index (Phi) is 6.17. The SMILES string of the molecule is CCCC(CC)(CN)N(CC)Cc1cccs1. The van der Waals surface area contributed by atoms with Crippen LogP contribution in [0.4, 0.5) is 0 Å². The lowest BCUT2D eigenvalue weighted by Crippen LogP contribution is -2.52. The molecule has 0 bridgehead atoms. The molecule has 98 valence electrons. The van der Waals surface area contributed by atoms with Crippen molar-refractivity contribution >= 4 is 11.3 Å². The van der Waals surface area contributed by atoms with Crippen molar-refractivity contribution in [2.45, 2.75) is 52.1 Å². The first-order chi connectivity index (χ1) is 8.22. The third-order valence-electron chi connectivity index (χ3n) is 3.73. The van der Waals surface area contributed by atoms with Crippen LogP contribution >= 0.6 is 11.3 Å². The van der Waals surface area contributed by atoms with E-state index in [0.29, 0.717) is 0 Å². The number of rotatable bonds is 8. The first-order valence-corrected chi connectivity index (χ1v) is 7.57. The van der Waals surface area contributed by atoms with Crippen molar-refractivity contribution in [1.82, 2.24) is 4.90 Å². The van der Waals surface area contributed by atoms with E-state index in [2.05, 4.69) is 43.2 Å². The molecule has 0 amide bonds. The molecule has 1 unspecified atom stereocenters. The van der Waals surface area contributed by atoms with Crippen molar-refractivity contribution in [3.8, 4) is 0 Å². The van der Waals surface area contributed by atoms with Gasteiger partial charge in [-0.15, -0.1) is 11.3 Å². The molecule has 0 aliphatic carbocycles. The van der Waals surface area contributed by atoms with Crippen LogP contribution in [0.5, 0.6) is 0 Å². The van der Waals surface area contributed by atoms with Gasteiger partial charge in [-0.25, -0.2) is 0 Å². The molecule has 0 aliphatic heterocycles. The Hall–Kier alpha value is -0.380. The van der Waals surface area contributed by atoms with Crippen LogP contribution in [0.15, 0.2) is 17.5 Å². The molecule has 1 aromatic heterocycles. The predicted octanol–water partition coefficient (Wildman–Crippen LogP) is 3.48. The summed E-state index contributed by atoms with van der Waals surface area (Å²) in [5, 5.41) is 2.15. The zero-order valence-electron chi connectivity index (χ0n) is 11.4. The molecule has 0 spiro atoms. The highest BCUT2D eigenvalue weighted by Crippen LogP contribution is 2.27. The van der Waals surface area contributed by atoms with Gasteiger partial charge in [0, 0.05) is 23.5 Å². The van der Waals surface area contributed by atoms with Gasteiger partial charge in [0.15, 0.2) is 0 Å². The van der Waals surface area contributed by atoms with Gasteiger partial charge in [0.05, 0.1) is 0 Å². The fourth-order valence-corrected chi connectivity index (χ4v) is 3.32. The minimum Gasteiger partial charge on any atom is -0.329 e. The van der Waals surface area contributed by atoms with E-state index < -0.39 is 0 Å². The van der Waals surface area contributed by atoms with Crippen molar-refractivity contribution in [1.29, 1.82) is 0 Å². The van der Waals surface area contributed by atoms with Crippen LogP contribution in [0.25, 0.3) is 0 Å². The lowest BCUT2D eigenvalue weighted by molar-refractivity contribution is 0.0784. The molecule has 3 heteroatoms. The minimum absolute atomic E-state index is 0.188. The molecule has 0 radical (unpaired) electrons. The third-order valence-corrected chi connectivity index (χ3v) is 4.59. The summed E-state index contributed by atoms with van der Waals surface area (Å²) < 4.78 is 0. The highest BCUT2D eigenvalue weighted by atomic mass is 32.1. The molecule has 17 heavy (non-hydrogen) atoms. The third kappa shape index (κ3) is 3.54. The summed E-state index contributed by atoms with van der Waals surface area (Å²) in [5.41, 5.74) is 6.26. The van der Waals surface area contributed by atoms with Gasteiger partial charge in [-0.05, 0) is 30.8 Å². The Morgan fingerprint density at radius 3 is 2.53 bits per heavy atom. The number of thiophene rings is 1. The van der Waals surface area contributed by atoms with Crippen LogP contribution in [0.1, 0.15) is 44.9 Å². The van der Waals surface area contributed by atoms with E-state index in [9.17, 15) is 0 Å². The van der Waals surface area contributed by atoms with Crippen molar-refractivity contribution in [2.75, 3.05) is 13.1 Å². The average Bonchev–Trinajstić information content (AvgIpc) is 2.86. The number of hydrogen-bond acceptors (Lipinski definition) is 3. The summed E-state index contributed by atoms with van der Waals surface area (Å²) in [4.78, 5) is 4.00. The second kappa shape index (κ2) is 7.14. The van der Waals surface area contributed by atoms with Gasteiger partial charge in [-0.2, -0.15) is 0 Å². The van der Waals surface area contributed by atoms with Crippen LogP contribution in [0.3, 0.4) is 0 Å². The van der Waals surface area contributed by atoms with Crippen LogP contribution in [0.2, 0.25) is 0 Å². The largest absolute Gasteiger partial charge is 0.329 e. The zero-order chi connectivity index (χ0) is 12.7. The van der Waals surface area contributed by atoms with Crippen LogP contribution < -0.4 is 5.73 Å². The van der Waals surface area contributed by atoms with E-state index in [1.807, 2.05) is 11.3 Å². The molecule has 0 aromatic carbocycles. The fourth-order valence-electron chi connectivity index (χ4n) is 2.60. The fraction of sp³-hybridized carbons (Fsp3) is 0.714. The zero-order valence-corrected chi connectivity index (χ0v) is 12.2. The normalized spacial score (nSPS) is 15.1. The van der Waals surface area contributed by atoms with Crippen molar-refractivity contribution in [3.63, 3.8) is 0 Å². The Labute approximate surface area is 110 Å². The van der Waals surface area contributed by atoms with Crippen molar-refractivity contribution in [3.05, 3.63) is 22.4 Å². The Balaban J connectivity index is 2.80. The predicted molar refractivity (Wildman–Crippen MR) is 77.4 cm³/mol. The smallest absolute Gasteiger partial charge is 0.0333 e. The van der Waals surface area contributed by atoms with E-state index in [1.165, 1.54) is 17.7 Å². The molecule has 0 aliphatic rings.